The molecule has 1 amide bonds. The van der Waals surface area contributed by atoms with Gasteiger partial charge in [-0.2, -0.15) is 5.26 Å². The third kappa shape index (κ3) is 4.68. The van der Waals surface area contributed by atoms with Gasteiger partial charge in [0.1, 0.15) is 10.9 Å². The monoisotopic (exact) mass is 475 g/mol. The molecule has 0 saturated heterocycles. The topological polar surface area (TPSA) is 103 Å². The van der Waals surface area contributed by atoms with E-state index in [1.807, 2.05) is 18.2 Å². The van der Waals surface area contributed by atoms with Crippen LogP contribution in [0.15, 0.2) is 61.9 Å². The zero-order chi connectivity index (χ0) is 23.3. The fourth-order valence-corrected chi connectivity index (χ4v) is 6.49. The molecule has 1 aromatic rings. The van der Waals surface area contributed by atoms with Crippen LogP contribution < -0.4 is 16.4 Å². The summed E-state index contributed by atoms with van der Waals surface area (Å²) in [4.78, 5) is 16.7. The average molecular weight is 476 g/mol. The molecule has 8 heteroatoms. The number of benzene rings is 1. The number of carbonyl (C=O) groups excluding carboxylic acids is 1. The lowest BCUT2D eigenvalue weighted by Crippen LogP contribution is -2.40. The molecule has 1 fully saturated rings. The standard InChI is InChI=1S/C25H25N5OS2/c1-2-13-28-20(31)16-33-23-18(14-26)25(11-7-4-8-12-25)21(22(27)30-23)24-29-19(15-32-24)17-9-5-3-6-10-17/h1,3,5-6,9-10,15,29H,4,7-8,11-13,16H2,(H2,27,30)(H,28,31)/b24-21-. The van der Waals surface area contributed by atoms with Crippen molar-refractivity contribution in [1.82, 2.24) is 10.6 Å². The van der Waals surface area contributed by atoms with Gasteiger partial charge in [-0.3, -0.25) is 4.79 Å². The van der Waals surface area contributed by atoms with E-state index in [-0.39, 0.29) is 18.2 Å². The van der Waals surface area contributed by atoms with Crippen molar-refractivity contribution in [1.29, 1.82) is 5.26 Å². The van der Waals surface area contributed by atoms with Crippen molar-refractivity contribution in [2.45, 2.75) is 32.1 Å². The largest absolute Gasteiger partial charge is 0.383 e. The van der Waals surface area contributed by atoms with Crippen LogP contribution in [0.25, 0.3) is 5.70 Å². The second kappa shape index (κ2) is 10.2. The maximum absolute atomic E-state index is 12.1. The highest BCUT2D eigenvalue weighted by molar-refractivity contribution is 8.06. The molecule has 168 valence electrons. The van der Waals surface area contributed by atoms with Gasteiger partial charge in [0.05, 0.1) is 34.7 Å². The lowest BCUT2D eigenvalue weighted by Gasteiger charge is -2.42. The molecular formula is C25H25N5OS2. The molecule has 3 aliphatic rings. The molecule has 1 saturated carbocycles. The predicted octanol–water partition coefficient (Wildman–Crippen LogP) is 4.07. The Morgan fingerprint density at radius 1 is 1.30 bits per heavy atom. The lowest BCUT2D eigenvalue weighted by molar-refractivity contribution is -0.118. The highest BCUT2D eigenvalue weighted by Gasteiger charge is 2.47. The van der Waals surface area contributed by atoms with Crippen molar-refractivity contribution in [2.24, 2.45) is 16.1 Å². The molecule has 0 aromatic heterocycles. The van der Waals surface area contributed by atoms with Crippen molar-refractivity contribution in [2.75, 3.05) is 12.3 Å². The number of nitrogens with zero attached hydrogens (tertiary/aromatic N) is 2. The Morgan fingerprint density at radius 2 is 2.06 bits per heavy atom. The summed E-state index contributed by atoms with van der Waals surface area (Å²) in [7, 11) is 0. The number of thioether (sulfide) groups is 2. The lowest BCUT2D eigenvalue weighted by atomic mass is 9.64. The summed E-state index contributed by atoms with van der Waals surface area (Å²) < 4.78 is 0. The summed E-state index contributed by atoms with van der Waals surface area (Å²) in [5, 5.41) is 20.0. The van der Waals surface area contributed by atoms with E-state index in [0.717, 1.165) is 54.0 Å². The van der Waals surface area contributed by atoms with Crippen LogP contribution in [0.5, 0.6) is 0 Å². The number of amides is 1. The zero-order valence-electron chi connectivity index (χ0n) is 18.2. The van der Waals surface area contributed by atoms with Gasteiger partial charge in [0.15, 0.2) is 0 Å². The summed E-state index contributed by atoms with van der Waals surface area (Å²) in [6.45, 7) is 0.175. The van der Waals surface area contributed by atoms with E-state index in [1.54, 1.807) is 11.8 Å². The first-order chi connectivity index (χ1) is 16.1. The highest BCUT2D eigenvalue weighted by Crippen LogP contribution is 2.55. The minimum absolute atomic E-state index is 0.133. The first kappa shape index (κ1) is 23.1. The molecule has 1 spiro atoms. The van der Waals surface area contributed by atoms with Crippen molar-refractivity contribution in [3.05, 3.63) is 62.5 Å². The molecule has 6 nitrogen and oxygen atoms in total. The van der Waals surface area contributed by atoms with Gasteiger partial charge in [-0.15, -0.1) is 6.42 Å². The van der Waals surface area contributed by atoms with E-state index in [4.69, 9.17) is 12.2 Å². The van der Waals surface area contributed by atoms with Crippen LogP contribution in [0.4, 0.5) is 0 Å². The van der Waals surface area contributed by atoms with E-state index in [0.29, 0.717) is 16.4 Å². The fraction of sp³-hybridized carbons (Fsp3) is 0.320. The molecule has 4 N–H and O–H groups in total. The van der Waals surface area contributed by atoms with Crippen molar-refractivity contribution in [3.8, 4) is 18.4 Å². The Morgan fingerprint density at radius 3 is 2.76 bits per heavy atom. The van der Waals surface area contributed by atoms with Crippen molar-refractivity contribution >= 4 is 41.0 Å². The van der Waals surface area contributed by atoms with E-state index < -0.39 is 5.41 Å². The molecule has 1 aliphatic carbocycles. The third-order valence-electron chi connectivity index (χ3n) is 6.05. The Kier molecular flexibility index (Phi) is 7.17. The van der Waals surface area contributed by atoms with Crippen LogP contribution in [0.3, 0.4) is 0 Å². The van der Waals surface area contributed by atoms with Gasteiger partial charge in [-0.05, 0) is 18.4 Å². The molecule has 2 heterocycles. The Balaban J connectivity index is 1.69. The number of terminal acetylenes is 1. The summed E-state index contributed by atoms with van der Waals surface area (Å²) in [6, 6.07) is 12.6. The van der Waals surface area contributed by atoms with E-state index in [1.165, 1.54) is 11.8 Å². The van der Waals surface area contributed by atoms with Gasteiger partial charge < -0.3 is 16.4 Å². The molecule has 1 aromatic carbocycles. The number of aliphatic imine (C=N–C) groups is 1. The first-order valence-corrected chi connectivity index (χ1v) is 12.7. The van der Waals surface area contributed by atoms with Crippen LogP contribution >= 0.6 is 23.5 Å². The summed E-state index contributed by atoms with van der Waals surface area (Å²) >= 11 is 2.84. The van der Waals surface area contributed by atoms with Gasteiger partial charge >= 0.3 is 0 Å². The maximum atomic E-state index is 12.1. The van der Waals surface area contributed by atoms with E-state index in [9.17, 15) is 10.1 Å². The van der Waals surface area contributed by atoms with Gasteiger partial charge in [0, 0.05) is 16.4 Å². The van der Waals surface area contributed by atoms with Crippen LogP contribution in [-0.4, -0.2) is 24.0 Å². The third-order valence-corrected chi connectivity index (χ3v) is 7.92. The quantitative estimate of drug-likeness (QED) is 0.555. The molecule has 33 heavy (non-hydrogen) atoms. The maximum Gasteiger partial charge on any atom is 0.231 e. The molecular weight excluding hydrogens is 450 g/mol. The number of hydrogen-bond acceptors (Lipinski definition) is 7. The number of allylic oxidation sites excluding steroid dienone is 1. The highest BCUT2D eigenvalue weighted by atomic mass is 32.2. The van der Waals surface area contributed by atoms with Gasteiger partial charge in [-0.25, -0.2) is 4.99 Å². The normalized spacial score (nSPS) is 21.5. The zero-order valence-corrected chi connectivity index (χ0v) is 19.8. The first-order valence-electron chi connectivity index (χ1n) is 10.9. The number of amidine groups is 1. The number of nitriles is 1. The Bertz CT molecular complexity index is 1150. The van der Waals surface area contributed by atoms with Crippen molar-refractivity contribution < 1.29 is 4.79 Å². The summed E-state index contributed by atoms with van der Waals surface area (Å²) in [6.07, 6.45) is 10.0. The number of rotatable bonds is 5. The van der Waals surface area contributed by atoms with E-state index in [2.05, 4.69) is 45.2 Å². The summed E-state index contributed by atoms with van der Waals surface area (Å²) in [5.74, 6) is 2.75. The van der Waals surface area contributed by atoms with Crippen molar-refractivity contribution in [3.63, 3.8) is 0 Å². The Labute approximate surface area is 202 Å². The summed E-state index contributed by atoms with van der Waals surface area (Å²) in [5.41, 5.74) is 9.71. The molecule has 0 atom stereocenters. The molecule has 0 bridgehead atoms. The fourth-order valence-electron chi connectivity index (χ4n) is 4.56. The number of carbonyl (C=O) groups is 1. The number of nitrogens with two attached hydrogens (primary N) is 1. The van der Waals surface area contributed by atoms with Crippen LogP contribution in [-0.2, 0) is 4.79 Å². The Hall–Kier alpha value is -3.07. The average Bonchev–Trinajstić information content (AvgIpc) is 3.32. The van der Waals surface area contributed by atoms with Crippen LogP contribution in [0.1, 0.15) is 37.7 Å². The SMILES string of the molecule is C#CCNC(=O)CSC1=C(C#N)C2(CCCCC2)/C(=C2/NC(c3ccccc3)=CS2)C(N)=N1. The van der Waals surface area contributed by atoms with Gasteiger partial charge in [0.25, 0.3) is 0 Å². The molecule has 4 rings (SSSR count). The second-order valence-corrected chi connectivity index (χ2v) is 9.89. The van der Waals surface area contributed by atoms with Gasteiger partial charge in [-0.1, -0.05) is 79.0 Å². The van der Waals surface area contributed by atoms with Crippen LogP contribution in [0, 0.1) is 29.1 Å². The predicted molar refractivity (Wildman–Crippen MR) is 136 cm³/mol. The second-order valence-electron chi connectivity index (χ2n) is 8.05. The minimum atomic E-state index is -0.494. The van der Waals surface area contributed by atoms with Crippen LogP contribution in [0.2, 0.25) is 0 Å². The minimum Gasteiger partial charge on any atom is -0.383 e. The smallest absolute Gasteiger partial charge is 0.231 e. The molecule has 0 radical (unpaired) electrons. The number of nitrogens with one attached hydrogen (secondary N) is 2. The molecule has 0 unspecified atom stereocenters. The van der Waals surface area contributed by atoms with E-state index >= 15 is 0 Å². The molecule has 2 aliphatic heterocycles. The number of hydrogen-bond donors (Lipinski definition) is 3. The van der Waals surface area contributed by atoms with Gasteiger partial charge in [0.2, 0.25) is 5.91 Å².